The highest BCUT2D eigenvalue weighted by molar-refractivity contribution is 7.21. The number of rotatable bonds is 3. The third-order valence-electron chi connectivity index (χ3n) is 4.14. The molecule has 4 rings (SSSR count). The zero-order valence-corrected chi connectivity index (χ0v) is 14.5. The first kappa shape index (κ1) is 15.5. The number of aromatic nitrogens is 1. The smallest absolute Gasteiger partial charge is 0.255 e. The van der Waals surface area contributed by atoms with E-state index in [1.807, 2.05) is 73.7 Å². The average Bonchev–Trinajstić information content (AvgIpc) is 3.08. The standard InChI is InChI=1S/C21H16N2OS/c1-14-16(21-23-18-11-5-6-13-19(18)25-21)10-7-12-17(14)22-20(24)15-8-3-2-4-9-15/h2-13H,1H3,(H,22,24). The summed E-state index contributed by atoms with van der Waals surface area (Å²) >= 11 is 1.66. The predicted octanol–water partition coefficient (Wildman–Crippen LogP) is 5.52. The van der Waals surface area contributed by atoms with Gasteiger partial charge in [-0.3, -0.25) is 4.79 Å². The number of nitrogens with one attached hydrogen (secondary N) is 1. The van der Waals surface area contributed by atoms with Gasteiger partial charge in [0, 0.05) is 16.8 Å². The second-order valence-corrected chi connectivity index (χ2v) is 6.82. The molecule has 1 heterocycles. The molecular formula is C21H16N2OS. The van der Waals surface area contributed by atoms with Gasteiger partial charge in [-0.2, -0.15) is 0 Å². The number of anilines is 1. The second-order valence-electron chi connectivity index (χ2n) is 5.79. The van der Waals surface area contributed by atoms with E-state index in [4.69, 9.17) is 4.98 Å². The topological polar surface area (TPSA) is 42.0 Å². The van der Waals surface area contributed by atoms with Gasteiger partial charge in [0.1, 0.15) is 5.01 Å². The highest BCUT2D eigenvalue weighted by atomic mass is 32.1. The Balaban J connectivity index is 1.69. The Morgan fingerprint density at radius 3 is 2.48 bits per heavy atom. The number of amides is 1. The summed E-state index contributed by atoms with van der Waals surface area (Å²) < 4.78 is 1.16. The Hall–Kier alpha value is -2.98. The van der Waals surface area contributed by atoms with E-state index in [9.17, 15) is 4.79 Å². The molecule has 1 amide bonds. The first-order valence-corrected chi connectivity index (χ1v) is 8.86. The number of fused-ring (bicyclic) bond motifs is 1. The van der Waals surface area contributed by atoms with Gasteiger partial charge in [0.15, 0.2) is 0 Å². The van der Waals surface area contributed by atoms with E-state index in [-0.39, 0.29) is 5.91 Å². The van der Waals surface area contributed by atoms with Crippen LogP contribution < -0.4 is 5.32 Å². The van der Waals surface area contributed by atoms with Gasteiger partial charge in [-0.05, 0) is 42.8 Å². The molecule has 122 valence electrons. The largest absolute Gasteiger partial charge is 0.322 e. The van der Waals surface area contributed by atoms with Crippen LogP contribution in [0, 0.1) is 6.92 Å². The molecule has 4 aromatic rings. The van der Waals surface area contributed by atoms with E-state index in [1.54, 1.807) is 11.3 Å². The molecule has 3 aromatic carbocycles. The molecule has 0 spiro atoms. The van der Waals surface area contributed by atoms with Crippen LogP contribution in [-0.2, 0) is 0 Å². The minimum atomic E-state index is -0.106. The molecular weight excluding hydrogens is 328 g/mol. The molecule has 0 saturated heterocycles. The molecule has 0 aliphatic heterocycles. The summed E-state index contributed by atoms with van der Waals surface area (Å²) in [6.07, 6.45) is 0. The molecule has 1 aromatic heterocycles. The van der Waals surface area contributed by atoms with Crippen molar-refractivity contribution in [2.45, 2.75) is 6.92 Å². The van der Waals surface area contributed by atoms with Crippen molar-refractivity contribution in [1.29, 1.82) is 0 Å². The van der Waals surface area contributed by atoms with Gasteiger partial charge in [0.2, 0.25) is 0 Å². The lowest BCUT2D eigenvalue weighted by Gasteiger charge is -2.11. The first-order chi connectivity index (χ1) is 12.2. The molecule has 0 bridgehead atoms. The lowest BCUT2D eigenvalue weighted by Crippen LogP contribution is -2.12. The van der Waals surface area contributed by atoms with E-state index < -0.39 is 0 Å². The summed E-state index contributed by atoms with van der Waals surface area (Å²) in [4.78, 5) is 17.2. The lowest BCUT2D eigenvalue weighted by molar-refractivity contribution is 0.102. The molecule has 0 aliphatic rings. The third kappa shape index (κ3) is 3.04. The van der Waals surface area contributed by atoms with E-state index in [1.165, 1.54) is 0 Å². The minimum Gasteiger partial charge on any atom is -0.322 e. The molecule has 0 saturated carbocycles. The van der Waals surface area contributed by atoms with Crippen molar-refractivity contribution in [2.75, 3.05) is 5.32 Å². The molecule has 0 atom stereocenters. The third-order valence-corrected chi connectivity index (χ3v) is 5.21. The molecule has 0 fully saturated rings. The van der Waals surface area contributed by atoms with Crippen LogP contribution >= 0.6 is 11.3 Å². The zero-order valence-electron chi connectivity index (χ0n) is 13.7. The second kappa shape index (κ2) is 6.49. The van der Waals surface area contributed by atoms with Crippen LogP contribution in [0.25, 0.3) is 20.8 Å². The van der Waals surface area contributed by atoms with Crippen LogP contribution in [0.15, 0.2) is 72.8 Å². The molecule has 25 heavy (non-hydrogen) atoms. The van der Waals surface area contributed by atoms with Crippen molar-refractivity contribution in [2.24, 2.45) is 0 Å². The van der Waals surface area contributed by atoms with Crippen LogP contribution in [0.3, 0.4) is 0 Å². The summed E-state index contributed by atoms with van der Waals surface area (Å²) in [5.41, 5.74) is 4.52. The SMILES string of the molecule is Cc1c(NC(=O)c2ccccc2)cccc1-c1nc2ccccc2s1. The maximum atomic E-state index is 12.4. The first-order valence-electron chi connectivity index (χ1n) is 8.04. The number of benzene rings is 3. The molecule has 0 aliphatic carbocycles. The van der Waals surface area contributed by atoms with Gasteiger partial charge in [0.25, 0.3) is 5.91 Å². The van der Waals surface area contributed by atoms with Gasteiger partial charge in [-0.15, -0.1) is 11.3 Å². The van der Waals surface area contributed by atoms with Crippen molar-refractivity contribution in [3.05, 3.63) is 83.9 Å². The van der Waals surface area contributed by atoms with E-state index >= 15 is 0 Å². The number of carbonyl (C=O) groups is 1. The predicted molar refractivity (Wildman–Crippen MR) is 104 cm³/mol. The molecule has 3 nitrogen and oxygen atoms in total. The summed E-state index contributed by atoms with van der Waals surface area (Å²) in [7, 11) is 0. The number of nitrogens with zero attached hydrogens (tertiary/aromatic N) is 1. The summed E-state index contributed by atoms with van der Waals surface area (Å²) in [5, 5.41) is 3.98. The molecule has 1 N–H and O–H groups in total. The maximum absolute atomic E-state index is 12.4. The number of hydrogen-bond acceptors (Lipinski definition) is 3. The van der Waals surface area contributed by atoms with Crippen LogP contribution in [0.4, 0.5) is 5.69 Å². The fourth-order valence-corrected chi connectivity index (χ4v) is 3.82. The fraction of sp³-hybridized carbons (Fsp3) is 0.0476. The summed E-state index contributed by atoms with van der Waals surface area (Å²) in [6, 6.07) is 23.3. The summed E-state index contributed by atoms with van der Waals surface area (Å²) in [5.74, 6) is -0.106. The fourth-order valence-electron chi connectivity index (χ4n) is 2.77. The summed E-state index contributed by atoms with van der Waals surface area (Å²) in [6.45, 7) is 2.02. The molecule has 4 heteroatoms. The van der Waals surface area contributed by atoms with Crippen molar-refractivity contribution in [3.63, 3.8) is 0 Å². The van der Waals surface area contributed by atoms with Crippen LogP contribution in [-0.4, -0.2) is 10.9 Å². The number of carbonyl (C=O) groups excluding carboxylic acids is 1. The Bertz CT molecular complexity index is 1020. The van der Waals surface area contributed by atoms with Crippen molar-refractivity contribution in [3.8, 4) is 10.6 Å². The molecule has 0 unspecified atom stereocenters. The van der Waals surface area contributed by atoms with Crippen LogP contribution in [0.2, 0.25) is 0 Å². The Kier molecular flexibility index (Phi) is 4.04. The zero-order chi connectivity index (χ0) is 17.2. The van der Waals surface area contributed by atoms with Crippen molar-refractivity contribution in [1.82, 2.24) is 4.98 Å². The van der Waals surface area contributed by atoms with Gasteiger partial charge >= 0.3 is 0 Å². The normalized spacial score (nSPS) is 10.8. The van der Waals surface area contributed by atoms with Gasteiger partial charge < -0.3 is 5.32 Å². The Labute approximate surface area is 150 Å². The van der Waals surface area contributed by atoms with Gasteiger partial charge in [0.05, 0.1) is 10.2 Å². The number of hydrogen-bond donors (Lipinski definition) is 1. The maximum Gasteiger partial charge on any atom is 0.255 e. The van der Waals surface area contributed by atoms with Gasteiger partial charge in [-0.25, -0.2) is 4.98 Å². The number of para-hydroxylation sites is 1. The quantitative estimate of drug-likeness (QED) is 0.531. The van der Waals surface area contributed by atoms with Crippen molar-refractivity contribution >= 4 is 33.1 Å². The van der Waals surface area contributed by atoms with E-state index in [2.05, 4.69) is 11.4 Å². The van der Waals surface area contributed by atoms with Crippen molar-refractivity contribution < 1.29 is 4.79 Å². The lowest BCUT2D eigenvalue weighted by atomic mass is 10.1. The highest BCUT2D eigenvalue weighted by Crippen LogP contribution is 2.34. The van der Waals surface area contributed by atoms with E-state index in [0.717, 1.165) is 32.0 Å². The Morgan fingerprint density at radius 2 is 1.68 bits per heavy atom. The van der Waals surface area contributed by atoms with Crippen LogP contribution in [0.5, 0.6) is 0 Å². The van der Waals surface area contributed by atoms with E-state index in [0.29, 0.717) is 5.56 Å². The van der Waals surface area contributed by atoms with Crippen LogP contribution in [0.1, 0.15) is 15.9 Å². The Morgan fingerprint density at radius 1 is 0.920 bits per heavy atom. The highest BCUT2D eigenvalue weighted by Gasteiger charge is 2.13. The number of thiazole rings is 1. The van der Waals surface area contributed by atoms with Gasteiger partial charge in [-0.1, -0.05) is 42.5 Å². The monoisotopic (exact) mass is 344 g/mol. The minimum absolute atomic E-state index is 0.106. The average molecular weight is 344 g/mol. The molecule has 0 radical (unpaired) electrons.